The molecule has 0 aliphatic heterocycles. The SMILES string of the molecule is COCCO[Si](OC)(O[Si](C)(C)C)c1ccccc1. The van der Waals surface area contributed by atoms with Crippen molar-refractivity contribution < 1.29 is 17.7 Å². The van der Waals surface area contributed by atoms with Gasteiger partial charge >= 0.3 is 8.80 Å². The minimum absolute atomic E-state index is 0.468. The molecule has 0 fully saturated rings. The van der Waals surface area contributed by atoms with Gasteiger partial charge in [-0.05, 0) is 19.6 Å². The second-order valence-corrected chi connectivity index (χ2v) is 12.6. The van der Waals surface area contributed by atoms with E-state index in [9.17, 15) is 0 Å². The monoisotopic (exact) mass is 300 g/mol. The first-order valence-corrected chi connectivity index (χ1v) is 11.5. The van der Waals surface area contributed by atoms with E-state index in [1.807, 2.05) is 30.3 Å². The van der Waals surface area contributed by atoms with Crippen molar-refractivity contribution in [3.63, 3.8) is 0 Å². The zero-order valence-electron chi connectivity index (χ0n) is 12.4. The molecule has 0 N–H and O–H groups in total. The van der Waals surface area contributed by atoms with E-state index >= 15 is 0 Å². The Bertz CT molecular complexity index is 367. The van der Waals surface area contributed by atoms with Crippen molar-refractivity contribution in [3.8, 4) is 0 Å². The molecule has 0 aliphatic carbocycles. The fourth-order valence-corrected chi connectivity index (χ4v) is 7.43. The fourth-order valence-electron chi connectivity index (χ4n) is 1.69. The zero-order chi connectivity index (χ0) is 14.4. The van der Waals surface area contributed by atoms with Gasteiger partial charge in [0.1, 0.15) is 0 Å². The van der Waals surface area contributed by atoms with Crippen LogP contribution in [0.15, 0.2) is 30.3 Å². The maximum absolute atomic E-state index is 6.29. The Morgan fingerprint density at radius 2 is 1.58 bits per heavy atom. The Morgan fingerprint density at radius 3 is 2.05 bits per heavy atom. The van der Waals surface area contributed by atoms with Gasteiger partial charge in [0, 0.05) is 19.4 Å². The van der Waals surface area contributed by atoms with Crippen molar-refractivity contribution in [1.29, 1.82) is 0 Å². The average Bonchev–Trinajstić information content (AvgIpc) is 2.37. The first-order valence-electron chi connectivity index (χ1n) is 6.37. The molecule has 0 aliphatic rings. The highest BCUT2D eigenvalue weighted by Gasteiger charge is 2.46. The van der Waals surface area contributed by atoms with E-state index in [1.54, 1.807) is 14.2 Å². The van der Waals surface area contributed by atoms with E-state index < -0.39 is 17.1 Å². The van der Waals surface area contributed by atoms with Crippen molar-refractivity contribution in [2.24, 2.45) is 0 Å². The van der Waals surface area contributed by atoms with Crippen molar-refractivity contribution in [3.05, 3.63) is 30.3 Å². The number of hydrogen-bond donors (Lipinski definition) is 0. The third-order valence-electron chi connectivity index (χ3n) is 2.42. The smallest absolute Gasteiger partial charge is 0.413 e. The van der Waals surface area contributed by atoms with Gasteiger partial charge in [0.25, 0.3) is 0 Å². The average molecular weight is 301 g/mol. The van der Waals surface area contributed by atoms with Crippen molar-refractivity contribution >= 4 is 22.3 Å². The third kappa shape index (κ3) is 5.17. The van der Waals surface area contributed by atoms with Gasteiger partial charge in [0.15, 0.2) is 8.32 Å². The van der Waals surface area contributed by atoms with Gasteiger partial charge in [-0.3, -0.25) is 0 Å². The second kappa shape index (κ2) is 7.32. The van der Waals surface area contributed by atoms with Gasteiger partial charge in [-0.1, -0.05) is 30.3 Å². The molecule has 0 saturated carbocycles. The Labute approximate surface area is 118 Å². The van der Waals surface area contributed by atoms with Crippen LogP contribution in [-0.4, -0.2) is 44.6 Å². The second-order valence-electron chi connectivity index (χ2n) is 5.18. The minimum Gasteiger partial charge on any atom is -0.413 e. The van der Waals surface area contributed by atoms with Crippen molar-refractivity contribution in [2.45, 2.75) is 19.6 Å². The summed E-state index contributed by atoms with van der Waals surface area (Å²) in [5, 5.41) is 0.996. The molecule has 19 heavy (non-hydrogen) atoms. The Balaban J connectivity index is 2.99. The van der Waals surface area contributed by atoms with Crippen LogP contribution in [0.3, 0.4) is 0 Å². The largest absolute Gasteiger partial charge is 0.526 e. The molecule has 0 radical (unpaired) electrons. The van der Waals surface area contributed by atoms with Crippen LogP contribution < -0.4 is 5.19 Å². The molecule has 1 atom stereocenters. The predicted molar refractivity (Wildman–Crippen MR) is 81.1 cm³/mol. The summed E-state index contributed by atoms with van der Waals surface area (Å²) in [4.78, 5) is 0. The third-order valence-corrected chi connectivity index (χ3v) is 8.10. The number of rotatable bonds is 8. The highest BCUT2D eigenvalue weighted by molar-refractivity contribution is 6.86. The minimum atomic E-state index is -2.84. The summed E-state index contributed by atoms with van der Waals surface area (Å²) in [6.45, 7) is 7.40. The maximum Gasteiger partial charge on any atom is 0.526 e. The van der Waals surface area contributed by atoms with Crippen LogP contribution in [0.5, 0.6) is 0 Å². The summed E-state index contributed by atoms with van der Waals surface area (Å²) >= 11 is 0. The van der Waals surface area contributed by atoms with E-state index in [2.05, 4.69) is 19.6 Å². The highest BCUT2D eigenvalue weighted by Crippen LogP contribution is 2.16. The molecule has 6 heteroatoms. The lowest BCUT2D eigenvalue weighted by atomic mass is 10.4. The molecular weight excluding hydrogens is 276 g/mol. The maximum atomic E-state index is 6.29. The molecule has 0 amide bonds. The Hall–Kier alpha value is -0.506. The van der Waals surface area contributed by atoms with Crippen LogP contribution >= 0.6 is 0 Å². The van der Waals surface area contributed by atoms with Gasteiger partial charge in [0.05, 0.1) is 13.2 Å². The van der Waals surface area contributed by atoms with Gasteiger partial charge < -0.3 is 17.7 Å². The first kappa shape index (κ1) is 16.5. The van der Waals surface area contributed by atoms with Crippen LogP contribution in [0.1, 0.15) is 0 Å². The highest BCUT2D eigenvalue weighted by atomic mass is 28.5. The van der Waals surface area contributed by atoms with Crippen molar-refractivity contribution in [2.75, 3.05) is 27.4 Å². The number of benzene rings is 1. The van der Waals surface area contributed by atoms with Crippen LogP contribution in [0.4, 0.5) is 0 Å². The van der Waals surface area contributed by atoms with E-state index in [1.165, 1.54) is 0 Å². The molecule has 1 rings (SSSR count). The number of methoxy groups -OCH3 is 1. The summed E-state index contributed by atoms with van der Waals surface area (Å²) in [7, 11) is -1.31. The molecule has 1 aromatic carbocycles. The summed E-state index contributed by atoms with van der Waals surface area (Å²) in [5.41, 5.74) is 0. The quantitative estimate of drug-likeness (QED) is 0.543. The molecule has 0 aromatic heterocycles. The van der Waals surface area contributed by atoms with Gasteiger partial charge in [-0.25, -0.2) is 0 Å². The molecule has 108 valence electrons. The van der Waals surface area contributed by atoms with Crippen LogP contribution in [0, 0.1) is 0 Å². The lowest BCUT2D eigenvalue weighted by Crippen LogP contribution is -2.60. The van der Waals surface area contributed by atoms with E-state index in [-0.39, 0.29) is 0 Å². The predicted octanol–water partition coefficient (Wildman–Crippen LogP) is 1.99. The lowest BCUT2D eigenvalue weighted by Gasteiger charge is -2.34. The Kier molecular flexibility index (Phi) is 6.38. The topological polar surface area (TPSA) is 36.9 Å². The van der Waals surface area contributed by atoms with Gasteiger partial charge in [0.2, 0.25) is 0 Å². The standard InChI is InChI=1S/C13H24O4Si2/c1-14-11-12-16-19(15-2,17-18(3,4)5)13-9-7-6-8-10-13/h6-10H,11-12H2,1-5H3. The van der Waals surface area contributed by atoms with Gasteiger partial charge in [-0.2, -0.15) is 0 Å². The zero-order valence-corrected chi connectivity index (χ0v) is 14.4. The molecule has 4 nitrogen and oxygen atoms in total. The van der Waals surface area contributed by atoms with Gasteiger partial charge in [-0.15, -0.1) is 0 Å². The molecule has 0 bridgehead atoms. The van der Waals surface area contributed by atoms with E-state index in [0.29, 0.717) is 13.2 Å². The molecular formula is C13H24O4Si2. The van der Waals surface area contributed by atoms with Crippen LogP contribution in [0.2, 0.25) is 19.6 Å². The fraction of sp³-hybridized carbons (Fsp3) is 0.538. The summed E-state index contributed by atoms with van der Waals surface area (Å²) in [6.07, 6.45) is 0. The molecule has 1 aromatic rings. The Morgan fingerprint density at radius 1 is 0.947 bits per heavy atom. The normalized spacial score (nSPS) is 15.2. The number of hydrogen-bond acceptors (Lipinski definition) is 4. The van der Waals surface area contributed by atoms with E-state index in [0.717, 1.165) is 5.19 Å². The van der Waals surface area contributed by atoms with Crippen LogP contribution in [-0.2, 0) is 17.7 Å². The summed E-state index contributed by atoms with van der Waals surface area (Å²) in [5.74, 6) is 0. The molecule has 1 unspecified atom stereocenters. The number of ether oxygens (including phenoxy) is 1. The lowest BCUT2D eigenvalue weighted by molar-refractivity contribution is 0.0925. The van der Waals surface area contributed by atoms with Crippen molar-refractivity contribution in [1.82, 2.24) is 0 Å². The molecule has 0 heterocycles. The summed E-state index contributed by atoms with van der Waals surface area (Å²) < 4.78 is 23.0. The van der Waals surface area contributed by atoms with E-state index in [4.69, 9.17) is 17.7 Å². The first-order chi connectivity index (χ1) is 8.93. The molecule has 0 spiro atoms. The molecule has 0 saturated heterocycles. The van der Waals surface area contributed by atoms with Crippen LogP contribution in [0.25, 0.3) is 0 Å². The summed E-state index contributed by atoms with van der Waals surface area (Å²) in [6, 6.07) is 9.93.